The summed E-state index contributed by atoms with van der Waals surface area (Å²) in [5.74, 6) is 1.32. The molecule has 1 saturated heterocycles. The third-order valence-corrected chi connectivity index (χ3v) is 4.75. The van der Waals surface area contributed by atoms with Crippen LogP contribution in [0.25, 0.3) is 0 Å². The van der Waals surface area contributed by atoms with Crippen molar-refractivity contribution in [3.63, 3.8) is 0 Å². The van der Waals surface area contributed by atoms with Crippen molar-refractivity contribution < 1.29 is 4.92 Å². The maximum Gasteiger partial charge on any atom is 0.292 e. The van der Waals surface area contributed by atoms with Crippen molar-refractivity contribution >= 4 is 11.4 Å². The quantitative estimate of drug-likeness (QED) is 0.640. The Bertz CT molecular complexity index is 725. The van der Waals surface area contributed by atoms with Gasteiger partial charge in [0.2, 0.25) is 0 Å². The van der Waals surface area contributed by atoms with Crippen molar-refractivity contribution in [2.75, 3.05) is 18.0 Å². The van der Waals surface area contributed by atoms with Gasteiger partial charge in [0.05, 0.1) is 4.92 Å². The average Bonchev–Trinajstić information content (AvgIpc) is 3.31. The van der Waals surface area contributed by atoms with Gasteiger partial charge in [-0.25, -0.2) is 0 Å². The number of piperidine rings is 1. The van der Waals surface area contributed by atoms with Crippen LogP contribution in [0.2, 0.25) is 0 Å². The van der Waals surface area contributed by atoms with E-state index < -0.39 is 0 Å². The van der Waals surface area contributed by atoms with E-state index in [4.69, 9.17) is 0 Å². The average molecular weight is 313 g/mol. The van der Waals surface area contributed by atoms with Gasteiger partial charge in [-0.1, -0.05) is 12.1 Å². The fourth-order valence-electron chi connectivity index (χ4n) is 3.47. The molecule has 0 radical (unpaired) electrons. The van der Waals surface area contributed by atoms with E-state index in [1.54, 1.807) is 12.1 Å². The lowest BCUT2D eigenvalue weighted by Crippen LogP contribution is -2.35. The predicted molar refractivity (Wildman–Crippen MR) is 85.6 cm³/mol. The normalized spacial score (nSPS) is 21.4. The SMILES string of the molecule is O=[N+]([O-])c1ccccc1N1CCCC(c2nncn2C2CC2)C1. The third kappa shape index (κ3) is 2.67. The monoisotopic (exact) mass is 313 g/mol. The van der Waals surface area contributed by atoms with Crippen LogP contribution in [0.15, 0.2) is 30.6 Å². The molecule has 1 aromatic carbocycles. The van der Waals surface area contributed by atoms with Gasteiger partial charge in [0.15, 0.2) is 0 Å². The van der Waals surface area contributed by atoms with Gasteiger partial charge in [-0.05, 0) is 31.7 Å². The summed E-state index contributed by atoms with van der Waals surface area (Å²) in [5, 5.41) is 19.7. The summed E-state index contributed by atoms with van der Waals surface area (Å²) < 4.78 is 2.20. The van der Waals surface area contributed by atoms with Gasteiger partial charge in [-0.3, -0.25) is 10.1 Å². The number of hydrogen-bond donors (Lipinski definition) is 0. The van der Waals surface area contributed by atoms with Gasteiger partial charge in [0.1, 0.15) is 17.8 Å². The number of para-hydroxylation sites is 2. The summed E-state index contributed by atoms with van der Waals surface area (Å²) in [4.78, 5) is 13.1. The van der Waals surface area contributed by atoms with E-state index in [0.29, 0.717) is 11.7 Å². The molecule has 1 aliphatic carbocycles. The molecule has 0 bridgehead atoms. The number of nitrogens with zero attached hydrogens (tertiary/aromatic N) is 5. The van der Waals surface area contributed by atoms with Crippen molar-refractivity contribution in [1.29, 1.82) is 0 Å². The standard InChI is InChI=1S/C16H19N5O2/c22-21(23)15-6-2-1-5-14(15)19-9-3-4-12(10-19)16-18-17-11-20(16)13-7-8-13/h1-2,5-6,11-13H,3-4,7-10H2. The molecule has 7 nitrogen and oxygen atoms in total. The molecule has 0 amide bonds. The largest absolute Gasteiger partial charge is 0.365 e. The molecule has 0 N–H and O–H groups in total. The molecule has 1 unspecified atom stereocenters. The number of rotatable bonds is 4. The highest BCUT2D eigenvalue weighted by Gasteiger charge is 2.32. The summed E-state index contributed by atoms with van der Waals surface area (Å²) in [6.07, 6.45) is 6.30. The van der Waals surface area contributed by atoms with Crippen LogP contribution in [0, 0.1) is 10.1 Å². The van der Waals surface area contributed by atoms with E-state index in [9.17, 15) is 10.1 Å². The summed E-state index contributed by atoms with van der Waals surface area (Å²) in [6, 6.07) is 7.55. The molecule has 0 spiro atoms. The number of nitro benzene ring substituents is 1. The third-order valence-electron chi connectivity index (χ3n) is 4.75. The van der Waals surface area contributed by atoms with Gasteiger partial charge in [0.25, 0.3) is 5.69 Å². The van der Waals surface area contributed by atoms with Crippen LogP contribution in [0.5, 0.6) is 0 Å². The first kappa shape index (κ1) is 14.2. The van der Waals surface area contributed by atoms with Crippen LogP contribution in [0.3, 0.4) is 0 Å². The molecular formula is C16H19N5O2. The molecule has 4 rings (SSSR count). The minimum Gasteiger partial charge on any atom is -0.365 e. The van der Waals surface area contributed by atoms with Gasteiger partial charge in [-0.2, -0.15) is 0 Å². The lowest BCUT2D eigenvalue weighted by molar-refractivity contribution is -0.384. The Balaban J connectivity index is 1.60. The molecule has 1 aliphatic heterocycles. The number of hydrogen-bond acceptors (Lipinski definition) is 5. The summed E-state index contributed by atoms with van der Waals surface area (Å²) in [6.45, 7) is 1.61. The highest BCUT2D eigenvalue weighted by Crippen LogP contribution is 2.39. The molecular weight excluding hydrogens is 294 g/mol. The Morgan fingerprint density at radius 3 is 2.83 bits per heavy atom. The first-order valence-electron chi connectivity index (χ1n) is 8.12. The predicted octanol–water partition coefficient (Wildman–Crippen LogP) is 2.91. The number of nitro groups is 1. The minimum atomic E-state index is -0.300. The summed E-state index contributed by atoms with van der Waals surface area (Å²) in [5.41, 5.74) is 0.886. The molecule has 2 heterocycles. The smallest absolute Gasteiger partial charge is 0.292 e. The lowest BCUT2D eigenvalue weighted by atomic mass is 9.96. The van der Waals surface area contributed by atoms with Crippen LogP contribution in [-0.4, -0.2) is 32.8 Å². The summed E-state index contributed by atoms with van der Waals surface area (Å²) >= 11 is 0. The highest BCUT2D eigenvalue weighted by molar-refractivity contribution is 5.63. The minimum absolute atomic E-state index is 0.178. The molecule has 2 aliphatic rings. The number of benzene rings is 1. The Labute approximate surface area is 134 Å². The Morgan fingerprint density at radius 2 is 2.04 bits per heavy atom. The van der Waals surface area contributed by atoms with Crippen molar-refractivity contribution in [2.45, 2.75) is 37.6 Å². The van der Waals surface area contributed by atoms with E-state index in [1.807, 2.05) is 18.5 Å². The van der Waals surface area contributed by atoms with Gasteiger partial charge < -0.3 is 9.47 Å². The zero-order valence-electron chi connectivity index (χ0n) is 12.8. The number of anilines is 1. The van der Waals surface area contributed by atoms with Crippen LogP contribution in [0.4, 0.5) is 11.4 Å². The van der Waals surface area contributed by atoms with Crippen LogP contribution >= 0.6 is 0 Å². The van der Waals surface area contributed by atoms with E-state index in [-0.39, 0.29) is 16.5 Å². The van der Waals surface area contributed by atoms with Gasteiger partial charge in [0, 0.05) is 31.1 Å². The molecule has 1 aromatic heterocycles. The van der Waals surface area contributed by atoms with Crippen molar-refractivity contribution in [3.05, 3.63) is 46.5 Å². The van der Waals surface area contributed by atoms with Crippen molar-refractivity contribution in [1.82, 2.24) is 14.8 Å². The Kier molecular flexibility index (Phi) is 3.48. The number of aromatic nitrogens is 3. The second-order valence-electron chi connectivity index (χ2n) is 6.36. The van der Waals surface area contributed by atoms with Crippen LogP contribution in [0.1, 0.15) is 43.5 Å². The maximum absolute atomic E-state index is 11.3. The van der Waals surface area contributed by atoms with Gasteiger partial charge in [-0.15, -0.1) is 10.2 Å². The van der Waals surface area contributed by atoms with Crippen molar-refractivity contribution in [3.8, 4) is 0 Å². The molecule has 120 valence electrons. The molecule has 7 heteroatoms. The fraction of sp³-hybridized carbons (Fsp3) is 0.500. The highest BCUT2D eigenvalue weighted by atomic mass is 16.6. The van der Waals surface area contributed by atoms with E-state index >= 15 is 0 Å². The summed E-state index contributed by atoms with van der Waals surface area (Å²) in [7, 11) is 0. The van der Waals surface area contributed by atoms with Gasteiger partial charge >= 0.3 is 0 Å². The van der Waals surface area contributed by atoms with E-state index in [0.717, 1.165) is 31.8 Å². The molecule has 2 fully saturated rings. The topological polar surface area (TPSA) is 77.1 Å². The maximum atomic E-state index is 11.3. The second-order valence-corrected chi connectivity index (χ2v) is 6.36. The second kappa shape index (κ2) is 5.64. The van der Waals surface area contributed by atoms with Crippen LogP contribution in [-0.2, 0) is 0 Å². The molecule has 23 heavy (non-hydrogen) atoms. The lowest BCUT2D eigenvalue weighted by Gasteiger charge is -2.33. The Hall–Kier alpha value is -2.44. The Morgan fingerprint density at radius 1 is 1.22 bits per heavy atom. The fourth-order valence-corrected chi connectivity index (χ4v) is 3.47. The van der Waals surface area contributed by atoms with E-state index in [1.165, 1.54) is 12.8 Å². The zero-order chi connectivity index (χ0) is 15.8. The molecule has 1 atom stereocenters. The first-order valence-corrected chi connectivity index (χ1v) is 8.12. The molecule has 1 saturated carbocycles. The van der Waals surface area contributed by atoms with Crippen molar-refractivity contribution in [2.24, 2.45) is 0 Å². The first-order chi connectivity index (χ1) is 11.2. The van der Waals surface area contributed by atoms with Crippen LogP contribution < -0.4 is 4.90 Å². The van der Waals surface area contributed by atoms with E-state index in [2.05, 4.69) is 19.7 Å². The molecule has 2 aromatic rings. The zero-order valence-corrected chi connectivity index (χ0v) is 12.8.